The van der Waals surface area contributed by atoms with Crippen molar-refractivity contribution in [1.82, 2.24) is 4.90 Å². The number of amides is 2. The second kappa shape index (κ2) is 12.9. The van der Waals surface area contributed by atoms with Crippen molar-refractivity contribution in [3.63, 3.8) is 0 Å². The number of carbonyl (C=O) groups excluding carboxylic acids is 3. The summed E-state index contributed by atoms with van der Waals surface area (Å²) in [5.74, 6) is -0.111. The van der Waals surface area contributed by atoms with E-state index in [1.54, 1.807) is 13.8 Å². The minimum absolute atomic E-state index is 0.0885. The molecule has 194 valence electrons. The molecule has 2 amide bonds. The number of anilines is 1. The molecule has 0 unspecified atom stereocenters. The summed E-state index contributed by atoms with van der Waals surface area (Å²) in [5, 5.41) is 18.1. The minimum Gasteiger partial charge on any atom is -0.395 e. The van der Waals surface area contributed by atoms with E-state index in [4.69, 9.17) is 10.2 Å². The molecule has 1 saturated heterocycles. The Bertz CT molecular complexity index is 1010. The van der Waals surface area contributed by atoms with Crippen molar-refractivity contribution in [2.45, 2.75) is 52.4 Å². The van der Waals surface area contributed by atoms with Gasteiger partial charge in [-0.3, -0.25) is 19.3 Å². The van der Waals surface area contributed by atoms with Gasteiger partial charge in [0.2, 0.25) is 11.8 Å². The van der Waals surface area contributed by atoms with Crippen LogP contribution in [0.25, 0.3) is 0 Å². The van der Waals surface area contributed by atoms with Crippen LogP contribution in [-0.2, 0) is 27.2 Å². The normalized spacial score (nSPS) is 14.9. The monoisotopic (exact) mass is 494 g/mol. The van der Waals surface area contributed by atoms with E-state index in [2.05, 4.69) is 0 Å². The Hall–Kier alpha value is -2.87. The van der Waals surface area contributed by atoms with Gasteiger partial charge in [-0.25, -0.2) is 4.90 Å². The molecule has 1 aliphatic heterocycles. The Morgan fingerprint density at radius 2 is 1.31 bits per heavy atom. The predicted molar refractivity (Wildman–Crippen MR) is 140 cm³/mol. The van der Waals surface area contributed by atoms with Crippen molar-refractivity contribution in [2.24, 2.45) is 5.41 Å². The van der Waals surface area contributed by atoms with Gasteiger partial charge in [-0.15, -0.1) is 0 Å². The van der Waals surface area contributed by atoms with Crippen LogP contribution in [0.5, 0.6) is 0 Å². The van der Waals surface area contributed by atoms with Crippen molar-refractivity contribution in [1.29, 1.82) is 0 Å². The summed E-state index contributed by atoms with van der Waals surface area (Å²) in [7, 11) is 0. The summed E-state index contributed by atoms with van der Waals surface area (Å²) < 4.78 is 0. The van der Waals surface area contributed by atoms with Gasteiger partial charge in [-0.2, -0.15) is 0 Å². The van der Waals surface area contributed by atoms with Crippen molar-refractivity contribution < 1.29 is 24.6 Å². The highest BCUT2D eigenvalue weighted by atomic mass is 16.3. The molecule has 2 aromatic carbocycles. The van der Waals surface area contributed by atoms with E-state index >= 15 is 0 Å². The Labute approximate surface area is 213 Å². The summed E-state index contributed by atoms with van der Waals surface area (Å²) in [6.07, 6.45) is 4.48. The zero-order valence-corrected chi connectivity index (χ0v) is 21.4. The molecule has 0 spiro atoms. The molecule has 0 aliphatic carbocycles. The predicted octanol–water partition coefficient (Wildman–Crippen LogP) is 3.14. The summed E-state index contributed by atoms with van der Waals surface area (Å²) in [4.78, 5) is 40.0. The lowest BCUT2D eigenvalue weighted by molar-refractivity contribution is -0.149. The highest BCUT2D eigenvalue weighted by Crippen LogP contribution is 2.36. The Morgan fingerprint density at radius 3 is 1.86 bits per heavy atom. The van der Waals surface area contributed by atoms with Gasteiger partial charge >= 0.3 is 0 Å². The van der Waals surface area contributed by atoms with Gasteiger partial charge < -0.3 is 10.2 Å². The van der Waals surface area contributed by atoms with E-state index in [1.807, 2.05) is 53.4 Å². The first-order valence-corrected chi connectivity index (χ1v) is 12.8. The zero-order chi connectivity index (χ0) is 26.1. The van der Waals surface area contributed by atoms with Crippen LogP contribution in [0, 0.1) is 5.41 Å². The van der Waals surface area contributed by atoms with E-state index in [0.29, 0.717) is 31.6 Å². The topological polar surface area (TPSA) is 98.2 Å². The average molecular weight is 495 g/mol. The van der Waals surface area contributed by atoms with Gasteiger partial charge in [0, 0.05) is 25.9 Å². The van der Waals surface area contributed by atoms with Crippen LogP contribution >= 0.6 is 0 Å². The molecule has 0 radical (unpaired) electrons. The van der Waals surface area contributed by atoms with E-state index in [1.165, 1.54) is 4.90 Å². The van der Waals surface area contributed by atoms with Crippen LogP contribution in [-0.4, -0.2) is 65.6 Å². The van der Waals surface area contributed by atoms with Gasteiger partial charge in [-0.05, 0) is 68.5 Å². The van der Waals surface area contributed by atoms with E-state index < -0.39 is 5.41 Å². The van der Waals surface area contributed by atoms with Crippen molar-refractivity contribution >= 4 is 23.3 Å². The summed E-state index contributed by atoms with van der Waals surface area (Å²) in [6.45, 7) is 5.44. The summed E-state index contributed by atoms with van der Waals surface area (Å²) >= 11 is 0. The molecule has 2 N–H and O–H groups in total. The fourth-order valence-electron chi connectivity index (χ4n) is 4.47. The number of nitrogens with zero attached hydrogens (tertiary/aromatic N) is 2. The van der Waals surface area contributed by atoms with Crippen LogP contribution in [0.4, 0.5) is 5.69 Å². The highest BCUT2D eigenvalue weighted by molar-refractivity contribution is 6.35. The van der Waals surface area contributed by atoms with Gasteiger partial charge in [0.25, 0.3) is 0 Å². The van der Waals surface area contributed by atoms with Gasteiger partial charge in [-0.1, -0.05) is 42.8 Å². The summed E-state index contributed by atoms with van der Waals surface area (Å²) in [6, 6.07) is 15.6. The molecule has 7 heteroatoms. The van der Waals surface area contributed by atoms with Gasteiger partial charge in [0.1, 0.15) is 11.2 Å². The molecule has 3 rings (SSSR count). The van der Waals surface area contributed by atoms with E-state index in [9.17, 15) is 14.4 Å². The van der Waals surface area contributed by atoms with E-state index in [0.717, 1.165) is 48.9 Å². The second-order valence-electron chi connectivity index (χ2n) is 10.0. The molecule has 0 atom stereocenters. The lowest BCUT2D eigenvalue weighted by atomic mass is 9.81. The van der Waals surface area contributed by atoms with Crippen molar-refractivity contribution in [2.75, 3.05) is 37.7 Å². The number of aliphatic hydroxyl groups is 2. The number of aliphatic hydroxyl groups excluding tert-OH is 2. The lowest BCUT2D eigenvalue weighted by Crippen LogP contribution is -2.63. The van der Waals surface area contributed by atoms with Crippen LogP contribution in [0.2, 0.25) is 0 Å². The number of benzene rings is 2. The standard InChI is InChI=1S/C29H38N2O5/c1-29(2)27(35)31(28(29)36)25-13-11-23(12-14-25)20-22-7-9-24(10-8-22)21-26(34)6-4-3-5-15-30(16-18-32)17-19-33/h7-14,32-33H,3-6,15-21H2,1-2H3. The molecule has 1 fully saturated rings. The van der Waals surface area contributed by atoms with Gasteiger partial charge in [0.05, 0.1) is 18.9 Å². The third-order valence-electron chi connectivity index (χ3n) is 6.76. The average Bonchev–Trinajstić information content (AvgIpc) is 2.86. The molecule has 7 nitrogen and oxygen atoms in total. The zero-order valence-electron chi connectivity index (χ0n) is 21.4. The lowest BCUT2D eigenvalue weighted by Gasteiger charge is -2.41. The molecular formula is C29H38N2O5. The maximum absolute atomic E-state index is 12.4. The first-order chi connectivity index (χ1) is 17.3. The second-order valence-corrected chi connectivity index (χ2v) is 10.0. The Kier molecular flexibility index (Phi) is 9.93. The molecular weight excluding hydrogens is 456 g/mol. The highest BCUT2D eigenvalue weighted by Gasteiger charge is 2.54. The molecule has 1 heterocycles. The largest absolute Gasteiger partial charge is 0.395 e. The smallest absolute Gasteiger partial charge is 0.248 e. The SMILES string of the molecule is CC1(C)C(=O)N(c2ccc(Cc3ccc(CC(=O)CCCCCN(CCO)CCO)cc3)cc2)C1=O. The number of hydrogen-bond donors (Lipinski definition) is 2. The van der Waals surface area contributed by atoms with Crippen molar-refractivity contribution in [3.8, 4) is 0 Å². The van der Waals surface area contributed by atoms with Crippen LogP contribution in [0.15, 0.2) is 48.5 Å². The summed E-state index contributed by atoms with van der Waals surface area (Å²) in [5.41, 5.74) is 2.90. The number of β-lactam (4-membered cyclic amide) rings is 2. The number of ketones is 1. The molecule has 36 heavy (non-hydrogen) atoms. The fourth-order valence-corrected chi connectivity index (χ4v) is 4.47. The number of carbonyl (C=O) groups is 3. The molecule has 2 aromatic rings. The first-order valence-electron chi connectivity index (χ1n) is 12.8. The van der Waals surface area contributed by atoms with Crippen LogP contribution < -0.4 is 4.90 Å². The molecule has 0 saturated carbocycles. The molecule has 0 bridgehead atoms. The van der Waals surface area contributed by atoms with Crippen LogP contribution in [0.3, 0.4) is 0 Å². The molecule has 1 aliphatic rings. The number of Topliss-reactive ketones (excluding diaryl/α,β-unsaturated/α-hetero) is 1. The van der Waals surface area contributed by atoms with Gasteiger partial charge in [0.15, 0.2) is 0 Å². The van der Waals surface area contributed by atoms with E-state index in [-0.39, 0.29) is 30.8 Å². The Morgan fingerprint density at radius 1 is 0.778 bits per heavy atom. The first kappa shape index (κ1) is 27.7. The Balaban J connectivity index is 1.40. The third kappa shape index (κ3) is 7.09. The van der Waals surface area contributed by atoms with Crippen LogP contribution in [0.1, 0.15) is 56.2 Å². The number of unbranched alkanes of at least 4 members (excludes halogenated alkanes) is 2. The quantitative estimate of drug-likeness (QED) is 0.224. The van der Waals surface area contributed by atoms with Crippen molar-refractivity contribution in [3.05, 3.63) is 65.2 Å². The fraction of sp³-hybridized carbons (Fsp3) is 0.483. The maximum Gasteiger partial charge on any atom is 0.248 e. The number of imide groups is 1. The third-order valence-corrected chi connectivity index (χ3v) is 6.76. The maximum atomic E-state index is 12.4. The molecule has 0 aromatic heterocycles. The number of rotatable bonds is 15. The number of hydrogen-bond acceptors (Lipinski definition) is 6. The minimum atomic E-state index is -0.926.